The maximum Gasteiger partial charge on any atom is 0.292 e. The van der Waals surface area contributed by atoms with Gasteiger partial charge in [0.25, 0.3) is 5.69 Å². The topological polar surface area (TPSA) is 55.2 Å². The van der Waals surface area contributed by atoms with E-state index in [9.17, 15) is 18.9 Å². The van der Waals surface area contributed by atoms with Gasteiger partial charge in [0.05, 0.1) is 4.92 Å². The van der Waals surface area contributed by atoms with Crippen LogP contribution in [0.1, 0.15) is 5.56 Å². The molecule has 0 aliphatic carbocycles. The third kappa shape index (κ3) is 3.21. The number of hydrogen-bond donors (Lipinski definition) is 1. The fourth-order valence-electron chi connectivity index (χ4n) is 1.66. The van der Waals surface area contributed by atoms with E-state index in [0.29, 0.717) is 0 Å². The molecule has 2 aromatic rings. The fourth-order valence-corrected chi connectivity index (χ4v) is 1.82. The first-order valence-electron chi connectivity index (χ1n) is 5.59. The van der Waals surface area contributed by atoms with Crippen LogP contribution >= 0.6 is 11.6 Å². The summed E-state index contributed by atoms with van der Waals surface area (Å²) in [6, 6.07) is 7.13. The van der Waals surface area contributed by atoms with Crippen molar-refractivity contribution < 1.29 is 13.7 Å². The lowest BCUT2D eigenvalue weighted by Gasteiger charge is -2.08. The van der Waals surface area contributed by atoms with Gasteiger partial charge in [0.2, 0.25) is 0 Å². The Hall–Kier alpha value is -2.21. The smallest absolute Gasteiger partial charge is 0.292 e. The van der Waals surface area contributed by atoms with Gasteiger partial charge in [-0.1, -0.05) is 17.7 Å². The minimum absolute atomic E-state index is 0.00986. The number of halogens is 3. The van der Waals surface area contributed by atoms with E-state index in [4.69, 9.17) is 11.6 Å². The lowest BCUT2D eigenvalue weighted by molar-refractivity contribution is -0.384. The van der Waals surface area contributed by atoms with Crippen molar-refractivity contribution in [1.29, 1.82) is 0 Å². The molecule has 0 unspecified atom stereocenters. The summed E-state index contributed by atoms with van der Waals surface area (Å²) in [4.78, 5) is 10.2. The fraction of sp³-hybridized carbons (Fsp3) is 0.0769. The molecule has 2 rings (SSSR count). The zero-order valence-electron chi connectivity index (χ0n) is 10.1. The van der Waals surface area contributed by atoms with Crippen molar-refractivity contribution in [3.63, 3.8) is 0 Å². The van der Waals surface area contributed by atoms with Crippen LogP contribution in [0.15, 0.2) is 36.4 Å². The highest BCUT2D eigenvalue weighted by molar-refractivity contribution is 6.30. The van der Waals surface area contributed by atoms with Gasteiger partial charge in [-0.2, -0.15) is 0 Å². The molecule has 0 radical (unpaired) electrons. The highest BCUT2D eigenvalue weighted by Crippen LogP contribution is 2.26. The first-order chi connectivity index (χ1) is 9.47. The third-order valence-corrected chi connectivity index (χ3v) is 2.87. The van der Waals surface area contributed by atoms with Gasteiger partial charge in [-0.3, -0.25) is 10.1 Å². The molecular formula is C13H9ClF2N2O2. The van der Waals surface area contributed by atoms with Gasteiger partial charge in [-0.25, -0.2) is 8.78 Å². The van der Waals surface area contributed by atoms with E-state index in [1.807, 2.05) is 0 Å². The van der Waals surface area contributed by atoms with Crippen molar-refractivity contribution in [3.05, 3.63) is 68.7 Å². The molecule has 0 aliphatic rings. The Kier molecular flexibility index (Phi) is 4.14. The quantitative estimate of drug-likeness (QED) is 0.682. The standard InChI is InChI=1S/C13H9ClF2N2O2/c14-9-2-1-8(11(16)5-9)7-17-12-6-10(15)3-4-13(12)18(19)20/h1-6,17H,7H2. The predicted octanol–water partition coefficient (Wildman–Crippen LogP) is 4.14. The van der Waals surface area contributed by atoms with E-state index in [1.165, 1.54) is 12.1 Å². The van der Waals surface area contributed by atoms with Crippen molar-refractivity contribution in [1.82, 2.24) is 0 Å². The second-order valence-corrected chi connectivity index (χ2v) is 4.44. The number of benzene rings is 2. The maximum atomic E-state index is 13.6. The Morgan fingerprint density at radius 3 is 2.60 bits per heavy atom. The van der Waals surface area contributed by atoms with Crippen LogP contribution in [-0.2, 0) is 6.54 Å². The summed E-state index contributed by atoms with van der Waals surface area (Å²) in [6.07, 6.45) is 0. The Morgan fingerprint density at radius 2 is 1.95 bits per heavy atom. The van der Waals surface area contributed by atoms with Crippen LogP contribution in [0.4, 0.5) is 20.2 Å². The molecule has 0 aliphatic heterocycles. The molecule has 0 atom stereocenters. The summed E-state index contributed by atoms with van der Waals surface area (Å²) < 4.78 is 26.7. The zero-order valence-corrected chi connectivity index (χ0v) is 10.8. The van der Waals surface area contributed by atoms with Gasteiger partial charge in [-0.15, -0.1) is 0 Å². The van der Waals surface area contributed by atoms with Gasteiger partial charge in [0.1, 0.15) is 17.3 Å². The minimum Gasteiger partial charge on any atom is -0.375 e. The molecule has 0 heterocycles. The van der Waals surface area contributed by atoms with Crippen molar-refractivity contribution in [2.45, 2.75) is 6.54 Å². The molecule has 0 fully saturated rings. The van der Waals surface area contributed by atoms with E-state index in [-0.39, 0.29) is 28.5 Å². The first kappa shape index (κ1) is 14.2. The van der Waals surface area contributed by atoms with E-state index in [0.717, 1.165) is 24.3 Å². The summed E-state index contributed by atoms with van der Waals surface area (Å²) in [6.45, 7) is -0.0205. The Balaban J connectivity index is 2.22. The minimum atomic E-state index is -0.639. The Morgan fingerprint density at radius 1 is 1.20 bits per heavy atom. The van der Waals surface area contributed by atoms with Crippen LogP contribution in [0.5, 0.6) is 0 Å². The number of nitro groups is 1. The van der Waals surface area contributed by atoms with Crippen LogP contribution in [0, 0.1) is 21.7 Å². The second-order valence-electron chi connectivity index (χ2n) is 4.01. The van der Waals surface area contributed by atoms with E-state index < -0.39 is 16.6 Å². The molecule has 7 heteroatoms. The monoisotopic (exact) mass is 298 g/mol. The van der Waals surface area contributed by atoms with Crippen molar-refractivity contribution in [2.24, 2.45) is 0 Å². The van der Waals surface area contributed by atoms with Gasteiger partial charge in [0.15, 0.2) is 0 Å². The summed E-state index contributed by atoms with van der Waals surface area (Å²) in [5.41, 5.74) is -0.0157. The number of nitrogens with zero attached hydrogens (tertiary/aromatic N) is 1. The summed E-state index contributed by atoms with van der Waals surface area (Å²) in [7, 11) is 0. The van der Waals surface area contributed by atoms with Crippen LogP contribution in [0.3, 0.4) is 0 Å². The third-order valence-electron chi connectivity index (χ3n) is 2.64. The zero-order chi connectivity index (χ0) is 14.7. The lowest BCUT2D eigenvalue weighted by atomic mass is 10.2. The van der Waals surface area contributed by atoms with Crippen LogP contribution in [-0.4, -0.2) is 4.92 Å². The highest BCUT2D eigenvalue weighted by atomic mass is 35.5. The number of nitrogens with one attached hydrogen (secondary N) is 1. The number of hydrogen-bond acceptors (Lipinski definition) is 3. The number of rotatable bonds is 4. The SMILES string of the molecule is O=[N+]([O-])c1ccc(F)cc1NCc1ccc(Cl)cc1F. The maximum absolute atomic E-state index is 13.6. The highest BCUT2D eigenvalue weighted by Gasteiger charge is 2.14. The van der Waals surface area contributed by atoms with Gasteiger partial charge in [-0.05, 0) is 18.2 Å². The molecular weight excluding hydrogens is 290 g/mol. The molecule has 1 N–H and O–H groups in total. The first-order valence-corrected chi connectivity index (χ1v) is 5.97. The largest absolute Gasteiger partial charge is 0.375 e. The van der Waals surface area contributed by atoms with Crippen LogP contribution in [0.25, 0.3) is 0 Å². The van der Waals surface area contributed by atoms with E-state index in [2.05, 4.69) is 5.32 Å². The predicted molar refractivity (Wildman–Crippen MR) is 71.8 cm³/mol. The molecule has 0 bridgehead atoms. The lowest BCUT2D eigenvalue weighted by Crippen LogP contribution is -2.04. The molecule has 104 valence electrons. The number of nitro benzene ring substituents is 1. The molecule has 2 aromatic carbocycles. The van der Waals surface area contributed by atoms with Gasteiger partial charge in [0, 0.05) is 29.3 Å². The van der Waals surface area contributed by atoms with Crippen molar-refractivity contribution in [2.75, 3.05) is 5.32 Å². The van der Waals surface area contributed by atoms with E-state index >= 15 is 0 Å². The number of anilines is 1. The summed E-state index contributed by atoms with van der Waals surface area (Å²) >= 11 is 5.62. The van der Waals surface area contributed by atoms with E-state index in [1.54, 1.807) is 0 Å². The normalized spacial score (nSPS) is 10.3. The average molecular weight is 299 g/mol. The molecule has 0 amide bonds. The van der Waals surface area contributed by atoms with Crippen LogP contribution < -0.4 is 5.32 Å². The summed E-state index contributed by atoms with van der Waals surface area (Å²) in [5.74, 6) is -1.15. The summed E-state index contributed by atoms with van der Waals surface area (Å²) in [5, 5.41) is 13.7. The average Bonchev–Trinajstić information content (AvgIpc) is 2.37. The molecule has 4 nitrogen and oxygen atoms in total. The molecule has 0 aromatic heterocycles. The van der Waals surface area contributed by atoms with Crippen LogP contribution in [0.2, 0.25) is 5.02 Å². The Bertz CT molecular complexity index is 665. The molecule has 0 saturated heterocycles. The van der Waals surface area contributed by atoms with Gasteiger partial charge < -0.3 is 5.32 Å². The van der Waals surface area contributed by atoms with Gasteiger partial charge >= 0.3 is 0 Å². The second kappa shape index (κ2) is 5.83. The van der Waals surface area contributed by atoms with Crippen molar-refractivity contribution >= 4 is 23.0 Å². The molecule has 0 spiro atoms. The molecule has 20 heavy (non-hydrogen) atoms. The Labute approximate surface area is 118 Å². The molecule has 0 saturated carbocycles. The van der Waals surface area contributed by atoms with Crippen molar-refractivity contribution in [3.8, 4) is 0 Å².